The number of amides is 1. The van der Waals surface area contributed by atoms with Gasteiger partial charge in [-0.2, -0.15) is 0 Å². The summed E-state index contributed by atoms with van der Waals surface area (Å²) in [7, 11) is -0.243. The molecule has 0 saturated carbocycles. The molecule has 0 aliphatic heterocycles. The molecule has 0 spiro atoms. The molecular weight excluding hydrogens is 414 g/mol. The molecule has 0 unspecified atom stereocenters. The Balaban J connectivity index is 1.58. The highest BCUT2D eigenvalue weighted by atomic mass is 32.2. The number of hydrogen-bond donors (Lipinski definition) is 0. The highest BCUT2D eigenvalue weighted by molar-refractivity contribution is 7.90. The molecule has 0 N–H and O–H groups in total. The number of benzene rings is 3. The lowest BCUT2D eigenvalue weighted by molar-refractivity contribution is -0.131. The van der Waals surface area contributed by atoms with Gasteiger partial charge in [-0.15, -0.1) is 0 Å². The van der Waals surface area contributed by atoms with Gasteiger partial charge in [0.2, 0.25) is 20.9 Å². The Kier molecular flexibility index (Phi) is 5.41. The van der Waals surface area contributed by atoms with Crippen LogP contribution >= 0.6 is 0 Å². The number of methoxy groups -OCH3 is 1. The minimum absolute atomic E-state index is 0.102. The van der Waals surface area contributed by atoms with E-state index in [9.17, 15) is 13.2 Å². The fourth-order valence-corrected chi connectivity index (χ4v) is 4.43. The molecule has 1 aromatic heterocycles. The molecule has 160 valence electrons. The largest absolute Gasteiger partial charge is 0.497 e. The normalized spacial score (nSPS) is 11.7. The molecule has 0 aliphatic carbocycles. The first kappa shape index (κ1) is 20.9. The van der Waals surface area contributed by atoms with Crippen LogP contribution in [0.5, 0.6) is 5.75 Å². The Morgan fingerprint density at radius 3 is 2.52 bits per heavy atom. The maximum absolute atomic E-state index is 13.0. The van der Waals surface area contributed by atoms with Crippen molar-refractivity contribution in [3.05, 3.63) is 66.2 Å². The molecule has 0 atom stereocenters. The van der Waals surface area contributed by atoms with E-state index in [0.717, 1.165) is 28.3 Å². The van der Waals surface area contributed by atoms with E-state index < -0.39 is 9.84 Å². The Labute approximate surface area is 180 Å². The Morgan fingerprint density at radius 2 is 1.77 bits per heavy atom. The summed E-state index contributed by atoms with van der Waals surface area (Å²) in [6.45, 7) is 0.297. The van der Waals surface area contributed by atoms with E-state index in [-0.39, 0.29) is 17.6 Å². The third-order valence-electron chi connectivity index (χ3n) is 5.20. The number of sulfone groups is 1. The van der Waals surface area contributed by atoms with Gasteiger partial charge in [0, 0.05) is 19.8 Å². The smallest absolute Gasteiger partial charge is 0.242 e. The zero-order valence-corrected chi connectivity index (χ0v) is 18.4. The number of carbonyl (C=O) groups is 1. The summed E-state index contributed by atoms with van der Waals surface area (Å²) in [5.41, 5.74) is 2.14. The van der Waals surface area contributed by atoms with Gasteiger partial charge in [-0.3, -0.25) is 4.79 Å². The predicted molar refractivity (Wildman–Crippen MR) is 120 cm³/mol. The zero-order valence-electron chi connectivity index (χ0n) is 17.6. The van der Waals surface area contributed by atoms with Crippen molar-refractivity contribution >= 4 is 37.6 Å². The lowest BCUT2D eigenvalue weighted by atomic mass is 10.1. The van der Waals surface area contributed by atoms with Crippen LogP contribution in [-0.2, 0) is 27.7 Å². The molecule has 31 heavy (non-hydrogen) atoms. The topological polar surface area (TPSA) is 81.5 Å². The summed E-state index contributed by atoms with van der Waals surface area (Å²) in [4.78, 5) is 18.8. The van der Waals surface area contributed by atoms with Crippen LogP contribution in [0.15, 0.2) is 65.8 Å². The predicted octanol–water partition coefficient (Wildman–Crippen LogP) is 3.26. The summed E-state index contributed by atoms with van der Waals surface area (Å²) in [6, 6.07) is 18.9. The van der Waals surface area contributed by atoms with Crippen molar-refractivity contribution in [2.75, 3.05) is 20.4 Å². The van der Waals surface area contributed by atoms with Crippen molar-refractivity contribution in [3.63, 3.8) is 0 Å². The molecule has 8 heteroatoms. The molecule has 4 rings (SSSR count). The Bertz CT molecular complexity index is 1390. The number of likely N-dealkylation sites (N-methyl/N-ethyl adjacent to an activating group) is 1. The zero-order chi connectivity index (χ0) is 22.2. The summed E-state index contributed by atoms with van der Waals surface area (Å²) in [5.74, 6) is 0.588. The summed E-state index contributed by atoms with van der Waals surface area (Å²) < 4.78 is 31.2. The monoisotopic (exact) mass is 437 g/mol. The summed E-state index contributed by atoms with van der Waals surface area (Å²) in [5, 5.41) is 2.01. The number of hydrogen-bond acceptors (Lipinski definition) is 5. The van der Waals surface area contributed by atoms with E-state index in [1.807, 2.05) is 36.4 Å². The quantitative estimate of drug-likeness (QED) is 0.462. The molecule has 0 bridgehead atoms. The van der Waals surface area contributed by atoms with E-state index in [1.54, 1.807) is 43.3 Å². The molecule has 0 saturated heterocycles. The summed E-state index contributed by atoms with van der Waals surface area (Å²) in [6.07, 6.45) is 1.10. The van der Waals surface area contributed by atoms with Crippen LogP contribution in [-0.4, -0.2) is 49.2 Å². The van der Waals surface area contributed by atoms with E-state index in [2.05, 4.69) is 4.98 Å². The first-order valence-corrected chi connectivity index (χ1v) is 11.6. The molecule has 4 aromatic rings. The van der Waals surface area contributed by atoms with Gasteiger partial charge in [-0.25, -0.2) is 13.4 Å². The van der Waals surface area contributed by atoms with Gasteiger partial charge >= 0.3 is 0 Å². The number of carbonyl (C=O) groups excluding carboxylic acids is 1. The number of ether oxygens (including phenoxy) is 1. The van der Waals surface area contributed by atoms with Gasteiger partial charge in [0.1, 0.15) is 12.3 Å². The van der Waals surface area contributed by atoms with Crippen molar-refractivity contribution in [1.29, 1.82) is 0 Å². The maximum Gasteiger partial charge on any atom is 0.242 e. The molecule has 0 aliphatic rings. The third kappa shape index (κ3) is 4.25. The minimum Gasteiger partial charge on any atom is -0.497 e. The van der Waals surface area contributed by atoms with Gasteiger partial charge in [-0.1, -0.05) is 30.3 Å². The van der Waals surface area contributed by atoms with Crippen LogP contribution in [0.1, 0.15) is 5.56 Å². The average molecular weight is 438 g/mol. The number of para-hydroxylation sites is 2. The van der Waals surface area contributed by atoms with Crippen molar-refractivity contribution in [2.24, 2.45) is 0 Å². The number of rotatable bonds is 6. The SMILES string of the molecule is COc1ccc2cc(CN(C)C(=O)Cn3c(S(C)(=O)=O)nc4ccccc43)ccc2c1. The number of nitrogens with zero attached hydrogens (tertiary/aromatic N) is 3. The van der Waals surface area contributed by atoms with Gasteiger partial charge in [-0.05, 0) is 46.7 Å². The highest BCUT2D eigenvalue weighted by Crippen LogP contribution is 2.23. The number of imidazole rings is 1. The van der Waals surface area contributed by atoms with Gasteiger partial charge < -0.3 is 14.2 Å². The van der Waals surface area contributed by atoms with E-state index >= 15 is 0 Å². The van der Waals surface area contributed by atoms with Crippen LogP contribution in [0.4, 0.5) is 0 Å². The lowest BCUT2D eigenvalue weighted by Crippen LogP contribution is -2.30. The number of aromatic nitrogens is 2. The van der Waals surface area contributed by atoms with E-state index in [1.165, 1.54) is 4.57 Å². The standard InChI is InChI=1S/C23H23N3O4S/c1-25(14-16-8-9-18-13-19(30-2)11-10-17(18)12-16)22(27)15-26-21-7-5-4-6-20(21)24-23(26)31(3,28)29/h4-13H,14-15H2,1-3H3. The second-order valence-corrected chi connectivity index (χ2v) is 9.45. The van der Waals surface area contributed by atoms with Gasteiger partial charge in [0.15, 0.2) is 0 Å². The average Bonchev–Trinajstić information content (AvgIpc) is 3.12. The molecule has 3 aromatic carbocycles. The van der Waals surface area contributed by atoms with E-state index in [4.69, 9.17) is 4.74 Å². The van der Waals surface area contributed by atoms with Crippen LogP contribution in [0.25, 0.3) is 21.8 Å². The van der Waals surface area contributed by atoms with Crippen molar-refractivity contribution in [2.45, 2.75) is 18.2 Å². The van der Waals surface area contributed by atoms with E-state index in [0.29, 0.717) is 17.6 Å². The molecule has 1 heterocycles. The first-order valence-electron chi connectivity index (χ1n) is 9.72. The molecule has 0 radical (unpaired) electrons. The van der Waals surface area contributed by atoms with Crippen LogP contribution in [0.2, 0.25) is 0 Å². The van der Waals surface area contributed by atoms with Gasteiger partial charge in [0.25, 0.3) is 0 Å². The number of fused-ring (bicyclic) bond motifs is 2. The van der Waals surface area contributed by atoms with Gasteiger partial charge in [0.05, 0.1) is 18.1 Å². The Morgan fingerprint density at radius 1 is 1.06 bits per heavy atom. The van der Waals surface area contributed by atoms with Crippen molar-refractivity contribution in [1.82, 2.24) is 14.5 Å². The fraction of sp³-hybridized carbons (Fsp3) is 0.217. The van der Waals surface area contributed by atoms with Crippen LogP contribution in [0.3, 0.4) is 0 Å². The Hall–Kier alpha value is -3.39. The summed E-state index contributed by atoms with van der Waals surface area (Å²) >= 11 is 0. The molecular formula is C23H23N3O4S. The van der Waals surface area contributed by atoms with Crippen LogP contribution in [0, 0.1) is 0 Å². The first-order chi connectivity index (χ1) is 14.8. The molecule has 0 fully saturated rings. The minimum atomic E-state index is -3.58. The molecule has 1 amide bonds. The highest BCUT2D eigenvalue weighted by Gasteiger charge is 2.22. The van der Waals surface area contributed by atoms with Crippen molar-refractivity contribution < 1.29 is 17.9 Å². The molecule has 7 nitrogen and oxygen atoms in total. The van der Waals surface area contributed by atoms with Crippen LogP contribution < -0.4 is 4.74 Å². The van der Waals surface area contributed by atoms with Crippen molar-refractivity contribution in [3.8, 4) is 5.75 Å². The third-order valence-corrected chi connectivity index (χ3v) is 6.18. The maximum atomic E-state index is 13.0. The lowest BCUT2D eigenvalue weighted by Gasteiger charge is -2.19. The fourth-order valence-electron chi connectivity index (χ4n) is 3.61. The second-order valence-electron chi connectivity index (χ2n) is 7.54. The second kappa shape index (κ2) is 8.03.